The van der Waals surface area contributed by atoms with Crippen LogP contribution >= 0.6 is 11.8 Å². The van der Waals surface area contributed by atoms with Gasteiger partial charge in [0.2, 0.25) is 11.1 Å². The minimum atomic E-state index is -0.172. The number of thioether (sulfide) groups is 1. The first-order valence-electron chi connectivity index (χ1n) is 6.39. The van der Waals surface area contributed by atoms with Crippen molar-refractivity contribution in [2.24, 2.45) is 0 Å². The van der Waals surface area contributed by atoms with Crippen LogP contribution in [0.3, 0.4) is 0 Å². The number of nitrogens with zero attached hydrogens (tertiary/aromatic N) is 3. The van der Waals surface area contributed by atoms with E-state index in [0.29, 0.717) is 10.8 Å². The number of para-hydroxylation sites is 1. The second kappa shape index (κ2) is 6.06. The number of aromatic amines is 1. The summed E-state index contributed by atoms with van der Waals surface area (Å²) in [7, 11) is 0. The Bertz CT molecular complexity index is 788. The van der Waals surface area contributed by atoms with Crippen LogP contribution in [0.4, 0.5) is 0 Å². The average Bonchev–Trinajstić information content (AvgIpc) is 2.88. The zero-order valence-corrected chi connectivity index (χ0v) is 11.9. The highest BCUT2D eigenvalue weighted by Crippen LogP contribution is 2.22. The molecule has 0 radical (unpaired) electrons. The second-order valence-corrected chi connectivity index (χ2v) is 5.27. The normalized spacial score (nSPS) is 11.1. The molecular weight excluding hydrogens is 290 g/mol. The lowest BCUT2D eigenvalue weighted by molar-refractivity contribution is -0.118. The number of aliphatic hydroxyl groups is 1. The van der Waals surface area contributed by atoms with Gasteiger partial charge in [-0.2, -0.15) is 0 Å². The number of hydrogen-bond acceptors (Lipinski definition) is 6. The Labute approximate surface area is 124 Å². The number of carbonyl (C=O) groups excluding carboxylic acids is 1. The molecule has 2 heterocycles. The van der Waals surface area contributed by atoms with Gasteiger partial charge in [0.15, 0.2) is 5.65 Å². The Balaban J connectivity index is 1.78. The van der Waals surface area contributed by atoms with Crippen molar-refractivity contribution >= 4 is 39.7 Å². The lowest BCUT2D eigenvalue weighted by Gasteiger charge is -2.01. The monoisotopic (exact) mass is 303 g/mol. The van der Waals surface area contributed by atoms with E-state index in [2.05, 4.69) is 25.5 Å². The molecular formula is C13H13N5O2S. The van der Waals surface area contributed by atoms with E-state index < -0.39 is 0 Å². The molecule has 0 atom stereocenters. The summed E-state index contributed by atoms with van der Waals surface area (Å²) in [6.07, 6.45) is 0. The Hall–Kier alpha value is -2.19. The number of fused-ring (bicyclic) bond motifs is 3. The second-order valence-electron chi connectivity index (χ2n) is 4.32. The fraction of sp³-hybridized carbons (Fsp3) is 0.231. The van der Waals surface area contributed by atoms with E-state index in [4.69, 9.17) is 5.11 Å². The highest BCUT2D eigenvalue weighted by atomic mass is 32.2. The van der Waals surface area contributed by atoms with Crippen molar-refractivity contribution in [1.82, 2.24) is 25.5 Å². The third-order valence-corrected chi connectivity index (χ3v) is 3.71. The quantitative estimate of drug-likeness (QED) is 0.600. The van der Waals surface area contributed by atoms with Crippen LogP contribution in [0.25, 0.3) is 22.1 Å². The minimum Gasteiger partial charge on any atom is -0.395 e. The third kappa shape index (κ3) is 2.96. The van der Waals surface area contributed by atoms with E-state index in [-0.39, 0.29) is 24.8 Å². The molecule has 1 amide bonds. The summed E-state index contributed by atoms with van der Waals surface area (Å²) in [5, 5.41) is 20.8. The summed E-state index contributed by atoms with van der Waals surface area (Å²) >= 11 is 1.21. The lowest BCUT2D eigenvalue weighted by Crippen LogP contribution is -2.27. The summed E-state index contributed by atoms with van der Waals surface area (Å²) in [5.74, 6) is 0.0161. The molecule has 21 heavy (non-hydrogen) atoms. The van der Waals surface area contributed by atoms with Crippen LogP contribution < -0.4 is 5.32 Å². The van der Waals surface area contributed by atoms with Gasteiger partial charge in [-0.3, -0.25) is 4.79 Å². The highest BCUT2D eigenvalue weighted by Gasteiger charge is 2.10. The van der Waals surface area contributed by atoms with E-state index in [0.717, 1.165) is 16.4 Å². The largest absolute Gasteiger partial charge is 0.395 e. The number of hydrogen-bond donors (Lipinski definition) is 3. The molecule has 0 saturated heterocycles. The fourth-order valence-electron chi connectivity index (χ4n) is 1.94. The van der Waals surface area contributed by atoms with Crippen LogP contribution in [-0.2, 0) is 4.79 Å². The maximum absolute atomic E-state index is 11.5. The Morgan fingerprint density at radius 3 is 3.05 bits per heavy atom. The van der Waals surface area contributed by atoms with Gasteiger partial charge in [-0.15, -0.1) is 10.2 Å². The van der Waals surface area contributed by atoms with E-state index in [1.807, 2.05) is 24.3 Å². The molecule has 7 nitrogen and oxygen atoms in total. The molecule has 8 heteroatoms. The molecule has 1 aromatic carbocycles. The molecule has 3 rings (SSSR count). The van der Waals surface area contributed by atoms with Gasteiger partial charge in [-0.05, 0) is 6.07 Å². The molecule has 0 saturated carbocycles. The predicted octanol–water partition coefficient (Wildman–Crippen LogP) is 0.707. The maximum Gasteiger partial charge on any atom is 0.230 e. The summed E-state index contributed by atoms with van der Waals surface area (Å²) < 4.78 is 0. The Morgan fingerprint density at radius 1 is 1.33 bits per heavy atom. The average molecular weight is 303 g/mol. The Morgan fingerprint density at radius 2 is 2.19 bits per heavy atom. The summed E-state index contributed by atoms with van der Waals surface area (Å²) in [4.78, 5) is 19.0. The van der Waals surface area contributed by atoms with Gasteiger partial charge in [0.05, 0.1) is 12.4 Å². The molecule has 0 aliphatic rings. The number of rotatable bonds is 5. The van der Waals surface area contributed by atoms with Crippen molar-refractivity contribution in [3.8, 4) is 0 Å². The number of aliphatic hydroxyl groups excluding tert-OH is 1. The van der Waals surface area contributed by atoms with Crippen LogP contribution in [0.1, 0.15) is 0 Å². The first-order valence-corrected chi connectivity index (χ1v) is 7.38. The van der Waals surface area contributed by atoms with Gasteiger partial charge in [-0.25, -0.2) is 4.98 Å². The Kier molecular flexibility index (Phi) is 3.98. The molecule has 108 valence electrons. The maximum atomic E-state index is 11.5. The molecule has 0 fully saturated rings. The lowest BCUT2D eigenvalue weighted by atomic mass is 10.2. The standard InChI is InChI=1S/C13H13N5O2S/c19-6-5-14-10(20)7-21-13-16-12-11(17-18-13)8-3-1-2-4-9(8)15-12/h1-4,19H,5-7H2,(H,14,20)(H,15,16,18). The molecule has 0 bridgehead atoms. The topological polar surface area (TPSA) is 104 Å². The molecule has 0 unspecified atom stereocenters. The molecule has 0 aliphatic heterocycles. The zero-order chi connectivity index (χ0) is 14.7. The first kappa shape index (κ1) is 13.8. The number of H-pyrrole nitrogens is 1. The summed E-state index contributed by atoms with van der Waals surface area (Å²) in [5.41, 5.74) is 2.33. The van der Waals surface area contributed by atoms with Gasteiger partial charge in [0.1, 0.15) is 5.52 Å². The van der Waals surface area contributed by atoms with E-state index >= 15 is 0 Å². The predicted molar refractivity (Wildman–Crippen MR) is 80.0 cm³/mol. The van der Waals surface area contributed by atoms with Crippen LogP contribution in [0.2, 0.25) is 0 Å². The van der Waals surface area contributed by atoms with Gasteiger partial charge in [0, 0.05) is 17.4 Å². The number of nitrogens with one attached hydrogen (secondary N) is 2. The van der Waals surface area contributed by atoms with Gasteiger partial charge in [-0.1, -0.05) is 30.0 Å². The van der Waals surface area contributed by atoms with Gasteiger partial charge in [0.25, 0.3) is 0 Å². The molecule has 2 aromatic heterocycles. The van der Waals surface area contributed by atoms with Gasteiger partial charge < -0.3 is 15.4 Å². The van der Waals surface area contributed by atoms with E-state index in [1.165, 1.54) is 11.8 Å². The number of aromatic nitrogens is 4. The van der Waals surface area contributed by atoms with Crippen molar-refractivity contribution in [3.63, 3.8) is 0 Å². The molecule has 3 N–H and O–H groups in total. The van der Waals surface area contributed by atoms with Crippen LogP contribution in [-0.4, -0.2) is 50.1 Å². The van der Waals surface area contributed by atoms with Crippen LogP contribution in [0.5, 0.6) is 0 Å². The molecule has 0 spiro atoms. The van der Waals surface area contributed by atoms with Crippen molar-refractivity contribution in [2.45, 2.75) is 5.16 Å². The van der Waals surface area contributed by atoms with Crippen molar-refractivity contribution in [3.05, 3.63) is 24.3 Å². The summed E-state index contributed by atoms with van der Waals surface area (Å²) in [6, 6.07) is 7.78. The van der Waals surface area contributed by atoms with Crippen LogP contribution in [0.15, 0.2) is 29.4 Å². The van der Waals surface area contributed by atoms with Crippen LogP contribution in [0, 0.1) is 0 Å². The third-order valence-electron chi connectivity index (χ3n) is 2.87. The smallest absolute Gasteiger partial charge is 0.230 e. The van der Waals surface area contributed by atoms with Gasteiger partial charge >= 0.3 is 0 Å². The number of carbonyl (C=O) groups is 1. The van der Waals surface area contributed by atoms with E-state index in [9.17, 15) is 4.79 Å². The fourth-order valence-corrected chi connectivity index (χ4v) is 2.56. The SMILES string of the molecule is O=C(CSc1nnc2c(n1)[nH]c1ccccc12)NCCO. The summed E-state index contributed by atoms with van der Waals surface area (Å²) in [6.45, 7) is 0.176. The number of amides is 1. The molecule has 3 aromatic rings. The van der Waals surface area contributed by atoms with E-state index in [1.54, 1.807) is 0 Å². The zero-order valence-electron chi connectivity index (χ0n) is 11.0. The van der Waals surface area contributed by atoms with Crippen molar-refractivity contribution < 1.29 is 9.90 Å². The number of benzene rings is 1. The first-order chi connectivity index (χ1) is 10.3. The van der Waals surface area contributed by atoms with Crippen molar-refractivity contribution in [1.29, 1.82) is 0 Å². The minimum absolute atomic E-state index is 0.0739. The molecule has 0 aliphatic carbocycles. The van der Waals surface area contributed by atoms with Crippen molar-refractivity contribution in [2.75, 3.05) is 18.9 Å². The highest BCUT2D eigenvalue weighted by molar-refractivity contribution is 7.99.